The van der Waals surface area contributed by atoms with Crippen LogP contribution in [-0.4, -0.2) is 52.2 Å². The van der Waals surface area contributed by atoms with E-state index in [0.29, 0.717) is 24.8 Å². The van der Waals surface area contributed by atoms with Crippen LogP contribution in [0.3, 0.4) is 0 Å². The Kier molecular flexibility index (Phi) is 6.14. The van der Waals surface area contributed by atoms with E-state index in [1.165, 1.54) is 12.0 Å². The molecule has 1 amide bonds. The zero-order valence-electron chi connectivity index (χ0n) is 16.1. The molecule has 0 aromatic carbocycles. The molecule has 2 aromatic rings. The minimum atomic E-state index is 0.181. The molecule has 1 aliphatic heterocycles. The van der Waals surface area contributed by atoms with Crippen LogP contribution >= 0.6 is 0 Å². The standard InChI is InChI=1S/C20H30N4O2/c1-4-24-11-5-7-16(20(24)17-13-21-23(3)15-17)14-22(2)19(25)10-9-18-8-6-12-26-18/h6,8,12-13,15-16,20H,4-5,7,9-11,14H2,1-3H3/t16-,20+/m0/s1. The Hall–Kier alpha value is -2.08. The SMILES string of the molecule is CCN1CCC[C@@H](CN(C)C(=O)CCc2ccco2)[C@@H]1c1cnn(C)c1. The van der Waals surface area contributed by atoms with Crippen LogP contribution in [0, 0.1) is 5.92 Å². The van der Waals surface area contributed by atoms with Gasteiger partial charge >= 0.3 is 0 Å². The minimum absolute atomic E-state index is 0.181. The lowest BCUT2D eigenvalue weighted by atomic mass is 9.85. The van der Waals surface area contributed by atoms with E-state index in [0.717, 1.165) is 31.8 Å². The largest absolute Gasteiger partial charge is 0.469 e. The Labute approximate surface area is 155 Å². The predicted octanol–water partition coefficient (Wildman–Crippen LogP) is 2.88. The summed E-state index contributed by atoms with van der Waals surface area (Å²) in [4.78, 5) is 17.0. The first kappa shape index (κ1) is 18.7. The molecule has 0 saturated carbocycles. The van der Waals surface area contributed by atoms with Gasteiger partial charge in [0.15, 0.2) is 0 Å². The number of aryl methyl sites for hydroxylation is 2. The van der Waals surface area contributed by atoms with Gasteiger partial charge in [-0.05, 0) is 44.0 Å². The van der Waals surface area contributed by atoms with Gasteiger partial charge < -0.3 is 9.32 Å². The fourth-order valence-corrected chi connectivity index (χ4v) is 4.10. The second-order valence-electron chi connectivity index (χ2n) is 7.28. The first-order chi connectivity index (χ1) is 12.6. The summed E-state index contributed by atoms with van der Waals surface area (Å²) in [5.41, 5.74) is 1.26. The molecular formula is C20H30N4O2. The summed E-state index contributed by atoms with van der Waals surface area (Å²) in [6.07, 6.45) is 9.23. The lowest BCUT2D eigenvalue weighted by molar-refractivity contribution is -0.131. The minimum Gasteiger partial charge on any atom is -0.469 e. The number of hydrogen-bond donors (Lipinski definition) is 0. The Bertz CT molecular complexity index is 694. The van der Waals surface area contributed by atoms with Crippen LogP contribution in [0.1, 0.15) is 43.6 Å². The van der Waals surface area contributed by atoms with Gasteiger partial charge in [0.05, 0.1) is 12.5 Å². The number of carbonyl (C=O) groups is 1. The van der Waals surface area contributed by atoms with Crippen molar-refractivity contribution in [2.24, 2.45) is 13.0 Å². The third-order valence-electron chi connectivity index (χ3n) is 5.43. The van der Waals surface area contributed by atoms with Gasteiger partial charge in [-0.2, -0.15) is 5.10 Å². The molecule has 142 valence electrons. The fraction of sp³-hybridized carbons (Fsp3) is 0.600. The summed E-state index contributed by atoms with van der Waals surface area (Å²) in [7, 11) is 3.89. The second-order valence-corrected chi connectivity index (χ2v) is 7.28. The van der Waals surface area contributed by atoms with Crippen molar-refractivity contribution in [3.63, 3.8) is 0 Å². The van der Waals surface area contributed by atoms with Crippen molar-refractivity contribution in [1.29, 1.82) is 0 Å². The number of hydrogen-bond acceptors (Lipinski definition) is 4. The van der Waals surface area contributed by atoms with Crippen molar-refractivity contribution in [2.45, 2.75) is 38.6 Å². The number of amides is 1. The number of piperidine rings is 1. The van der Waals surface area contributed by atoms with Crippen LogP contribution in [0.5, 0.6) is 0 Å². The van der Waals surface area contributed by atoms with Crippen molar-refractivity contribution < 1.29 is 9.21 Å². The topological polar surface area (TPSA) is 54.5 Å². The molecule has 6 nitrogen and oxygen atoms in total. The third-order valence-corrected chi connectivity index (χ3v) is 5.43. The maximum Gasteiger partial charge on any atom is 0.222 e. The zero-order chi connectivity index (χ0) is 18.5. The molecule has 3 rings (SSSR count). The maximum atomic E-state index is 12.6. The summed E-state index contributed by atoms with van der Waals surface area (Å²) in [6, 6.07) is 4.12. The molecule has 0 unspecified atom stereocenters. The Morgan fingerprint density at radius 3 is 2.96 bits per heavy atom. The van der Waals surface area contributed by atoms with E-state index in [9.17, 15) is 4.79 Å². The van der Waals surface area contributed by atoms with Gasteiger partial charge in [0, 0.05) is 51.3 Å². The summed E-state index contributed by atoms with van der Waals surface area (Å²) in [6.45, 7) is 5.13. The average molecular weight is 358 g/mol. The molecule has 26 heavy (non-hydrogen) atoms. The van der Waals surface area contributed by atoms with E-state index < -0.39 is 0 Å². The lowest BCUT2D eigenvalue weighted by Crippen LogP contribution is -2.43. The van der Waals surface area contributed by atoms with Gasteiger partial charge in [0.2, 0.25) is 5.91 Å². The zero-order valence-corrected chi connectivity index (χ0v) is 16.1. The van der Waals surface area contributed by atoms with Crippen LogP contribution in [0.15, 0.2) is 35.2 Å². The number of nitrogens with zero attached hydrogens (tertiary/aromatic N) is 4. The van der Waals surface area contributed by atoms with Crippen LogP contribution < -0.4 is 0 Å². The molecule has 0 aliphatic carbocycles. The van der Waals surface area contributed by atoms with Crippen molar-refractivity contribution in [1.82, 2.24) is 19.6 Å². The normalized spacial score (nSPS) is 21.0. The highest BCUT2D eigenvalue weighted by Crippen LogP contribution is 2.36. The van der Waals surface area contributed by atoms with Crippen molar-refractivity contribution >= 4 is 5.91 Å². The van der Waals surface area contributed by atoms with Crippen LogP contribution in [0.2, 0.25) is 0 Å². The van der Waals surface area contributed by atoms with Gasteiger partial charge in [-0.3, -0.25) is 14.4 Å². The number of carbonyl (C=O) groups excluding carboxylic acids is 1. The van der Waals surface area contributed by atoms with Gasteiger partial charge in [0.25, 0.3) is 0 Å². The first-order valence-electron chi connectivity index (χ1n) is 9.57. The molecule has 2 atom stereocenters. The summed E-state index contributed by atoms with van der Waals surface area (Å²) in [5.74, 6) is 1.49. The molecular weight excluding hydrogens is 328 g/mol. The van der Waals surface area contributed by atoms with Gasteiger partial charge in [-0.15, -0.1) is 0 Å². The van der Waals surface area contributed by atoms with Crippen molar-refractivity contribution in [3.05, 3.63) is 42.1 Å². The summed E-state index contributed by atoms with van der Waals surface area (Å²) in [5, 5.41) is 4.37. The number of aromatic nitrogens is 2. The highest BCUT2D eigenvalue weighted by molar-refractivity contribution is 5.76. The Morgan fingerprint density at radius 1 is 1.46 bits per heavy atom. The average Bonchev–Trinajstić information content (AvgIpc) is 3.30. The smallest absolute Gasteiger partial charge is 0.222 e. The van der Waals surface area contributed by atoms with Crippen LogP contribution in [0.4, 0.5) is 0 Å². The molecule has 1 saturated heterocycles. The molecule has 0 N–H and O–H groups in total. The first-order valence-corrected chi connectivity index (χ1v) is 9.57. The van der Waals surface area contributed by atoms with E-state index in [4.69, 9.17) is 4.42 Å². The quantitative estimate of drug-likeness (QED) is 0.764. The molecule has 1 fully saturated rings. The van der Waals surface area contributed by atoms with E-state index in [1.54, 1.807) is 6.26 Å². The highest BCUT2D eigenvalue weighted by atomic mass is 16.3. The number of likely N-dealkylation sites (tertiary alicyclic amines) is 1. The molecule has 0 spiro atoms. The third kappa shape index (κ3) is 4.36. The molecule has 0 radical (unpaired) electrons. The molecule has 0 bridgehead atoms. The van der Waals surface area contributed by atoms with E-state index in [-0.39, 0.29) is 5.91 Å². The van der Waals surface area contributed by atoms with Crippen LogP contribution in [-0.2, 0) is 18.3 Å². The number of rotatable bonds is 7. The summed E-state index contributed by atoms with van der Waals surface area (Å²) >= 11 is 0. The van der Waals surface area contributed by atoms with E-state index in [2.05, 4.69) is 23.1 Å². The van der Waals surface area contributed by atoms with Gasteiger partial charge in [0.1, 0.15) is 5.76 Å². The Morgan fingerprint density at radius 2 is 2.31 bits per heavy atom. The monoisotopic (exact) mass is 358 g/mol. The van der Waals surface area contributed by atoms with Crippen molar-refractivity contribution in [3.8, 4) is 0 Å². The number of furan rings is 1. The molecule has 6 heteroatoms. The molecule has 3 heterocycles. The molecule has 1 aliphatic rings. The lowest BCUT2D eigenvalue weighted by Gasteiger charge is -2.42. The fourth-order valence-electron chi connectivity index (χ4n) is 4.10. The highest BCUT2D eigenvalue weighted by Gasteiger charge is 2.33. The Balaban J connectivity index is 1.64. The molecule has 2 aromatic heterocycles. The maximum absolute atomic E-state index is 12.6. The summed E-state index contributed by atoms with van der Waals surface area (Å²) < 4.78 is 7.20. The predicted molar refractivity (Wildman–Crippen MR) is 101 cm³/mol. The van der Waals surface area contributed by atoms with E-state index >= 15 is 0 Å². The second kappa shape index (κ2) is 8.54. The van der Waals surface area contributed by atoms with Gasteiger partial charge in [-0.25, -0.2) is 0 Å². The van der Waals surface area contributed by atoms with Gasteiger partial charge in [-0.1, -0.05) is 6.92 Å². The van der Waals surface area contributed by atoms with E-state index in [1.807, 2.05) is 42.0 Å². The van der Waals surface area contributed by atoms with Crippen molar-refractivity contribution in [2.75, 3.05) is 26.7 Å². The van der Waals surface area contributed by atoms with Crippen LogP contribution in [0.25, 0.3) is 0 Å².